The van der Waals surface area contributed by atoms with Gasteiger partial charge in [0.1, 0.15) is 0 Å². The average Bonchev–Trinajstić information content (AvgIpc) is 2.83. The van der Waals surface area contributed by atoms with Crippen LogP contribution in [0.2, 0.25) is 0 Å². The van der Waals surface area contributed by atoms with Gasteiger partial charge in [-0.15, -0.1) is 0 Å². The molecule has 0 aliphatic heterocycles. The maximum Gasteiger partial charge on any atom is 0.238 e. The fourth-order valence-electron chi connectivity index (χ4n) is 3.62. The molecule has 0 radical (unpaired) electrons. The highest BCUT2D eigenvalue weighted by Crippen LogP contribution is 2.20. The lowest BCUT2D eigenvalue weighted by Crippen LogP contribution is -2.43. The zero-order valence-electron chi connectivity index (χ0n) is 21.3. The van der Waals surface area contributed by atoms with Gasteiger partial charge in [-0.3, -0.25) is 9.69 Å². The van der Waals surface area contributed by atoms with Gasteiger partial charge in [-0.05, 0) is 64.1 Å². The molecule has 184 valence electrons. The van der Waals surface area contributed by atoms with E-state index < -0.39 is 0 Å². The molecule has 0 aliphatic carbocycles. The Morgan fingerprint density at radius 2 is 1.88 bits per heavy atom. The van der Waals surface area contributed by atoms with Crippen molar-refractivity contribution >= 4 is 28.8 Å². The minimum absolute atomic E-state index is 0.0323. The van der Waals surface area contributed by atoms with E-state index in [0.717, 1.165) is 42.0 Å². The molecule has 7 heteroatoms. The van der Waals surface area contributed by atoms with E-state index >= 15 is 0 Å². The second-order valence-corrected chi connectivity index (χ2v) is 8.33. The predicted octanol–water partition coefficient (Wildman–Crippen LogP) is 5.24. The van der Waals surface area contributed by atoms with Crippen LogP contribution in [0.15, 0.2) is 54.9 Å². The van der Waals surface area contributed by atoms with Gasteiger partial charge < -0.3 is 16.0 Å². The largest absolute Gasteiger partial charge is 0.325 e. The van der Waals surface area contributed by atoms with Crippen LogP contribution in [0.5, 0.6) is 0 Å². The monoisotopic (exact) mass is 464 g/mol. The number of carbonyl (C=O) groups excluding carboxylic acids is 1. The summed E-state index contributed by atoms with van der Waals surface area (Å²) in [6.45, 7) is 10.6. The van der Waals surface area contributed by atoms with Gasteiger partial charge in [0.25, 0.3) is 0 Å². The zero-order chi connectivity index (χ0) is 24.8. The minimum atomic E-state index is -0.0323. The number of anilines is 3. The van der Waals surface area contributed by atoms with Crippen LogP contribution >= 0.6 is 0 Å². The maximum absolute atomic E-state index is 12.6. The summed E-state index contributed by atoms with van der Waals surface area (Å²) in [5, 5.41) is 9.70. The summed E-state index contributed by atoms with van der Waals surface area (Å²) in [5.74, 6) is 0.472. The van der Waals surface area contributed by atoms with Crippen molar-refractivity contribution in [3.8, 4) is 0 Å². The lowest BCUT2D eigenvalue weighted by Gasteiger charge is -2.27. The highest BCUT2D eigenvalue weighted by molar-refractivity contribution is 5.92. The van der Waals surface area contributed by atoms with E-state index in [9.17, 15) is 4.79 Å². The Balaban J connectivity index is 1.93. The van der Waals surface area contributed by atoms with Gasteiger partial charge in [0.15, 0.2) is 0 Å². The average molecular weight is 465 g/mol. The Morgan fingerprint density at radius 3 is 2.53 bits per heavy atom. The summed E-state index contributed by atoms with van der Waals surface area (Å²) in [5.41, 5.74) is 3.58. The highest BCUT2D eigenvalue weighted by Gasteiger charge is 2.15. The van der Waals surface area contributed by atoms with Crippen molar-refractivity contribution in [1.29, 1.82) is 0 Å². The fraction of sp³-hybridized carbons (Fsp3) is 0.444. The Bertz CT molecular complexity index is 938. The Hall–Kier alpha value is -3.03. The Kier molecular flexibility index (Phi) is 12.0. The molecule has 1 atom stereocenters. The number of allylic oxidation sites excluding steroid dienone is 4. The first-order valence-corrected chi connectivity index (χ1v) is 12.2. The van der Waals surface area contributed by atoms with Crippen LogP contribution in [-0.4, -0.2) is 53.5 Å². The van der Waals surface area contributed by atoms with E-state index in [1.807, 2.05) is 63.4 Å². The second-order valence-electron chi connectivity index (χ2n) is 8.33. The van der Waals surface area contributed by atoms with E-state index in [0.29, 0.717) is 18.5 Å². The molecule has 0 saturated heterocycles. The SMILES string of the molecule is C/C=C\C(=C/C)c1cnc(Nc2cccc(NC(=O)CN(C)C(CC)CNCCCC)c2)nc1. The first-order chi connectivity index (χ1) is 16.5. The van der Waals surface area contributed by atoms with Crippen molar-refractivity contribution in [1.82, 2.24) is 20.2 Å². The van der Waals surface area contributed by atoms with Gasteiger partial charge in [0.2, 0.25) is 11.9 Å². The summed E-state index contributed by atoms with van der Waals surface area (Å²) < 4.78 is 0. The summed E-state index contributed by atoms with van der Waals surface area (Å²) in [6, 6.07) is 7.91. The molecule has 7 nitrogen and oxygen atoms in total. The van der Waals surface area contributed by atoms with E-state index in [1.165, 1.54) is 12.8 Å². The number of hydrogen-bond donors (Lipinski definition) is 3. The first-order valence-electron chi connectivity index (χ1n) is 12.2. The van der Waals surface area contributed by atoms with Crippen LogP contribution in [0.3, 0.4) is 0 Å². The number of nitrogens with one attached hydrogen (secondary N) is 3. The number of hydrogen-bond acceptors (Lipinski definition) is 6. The van der Waals surface area contributed by atoms with Crippen LogP contribution in [0.25, 0.3) is 5.57 Å². The van der Waals surface area contributed by atoms with Crippen LogP contribution < -0.4 is 16.0 Å². The van der Waals surface area contributed by atoms with Gasteiger partial charge in [0, 0.05) is 41.9 Å². The minimum Gasteiger partial charge on any atom is -0.325 e. The number of nitrogens with zero attached hydrogens (tertiary/aromatic N) is 3. The molecule has 1 aromatic carbocycles. The lowest BCUT2D eigenvalue weighted by molar-refractivity contribution is -0.117. The van der Waals surface area contributed by atoms with Gasteiger partial charge >= 0.3 is 0 Å². The van der Waals surface area contributed by atoms with Gasteiger partial charge in [-0.1, -0.05) is 44.6 Å². The highest BCUT2D eigenvalue weighted by atomic mass is 16.2. The smallest absolute Gasteiger partial charge is 0.238 e. The van der Waals surface area contributed by atoms with Crippen molar-refractivity contribution < 1.29 is 4.79 Å². The summed E-state index contributed by atoms with van der Waals surface area (Å²) in [7, 11) is 2.00. The normalized spacial score (nSPS) is 12.8. The number of aromatic nitrogens is 2. The molecule has 0 spiro atoms. The Labute approximate surface area is 204 Å². The number of unbranched alkanes of at least 4 members (excludes halogenated alkanes) is 1. The van der Waals surface area contributed by atoms with E-state index in [4.69, 9.17) is 0 Å². The molecule has 1 unspecified atom stereocenters. The first kappa shape index (κ1) is 27.2. The number of likely N-dealkylation sites (N-methyl/N-ethyl adjacent to an activating group) is 1. The lowest BCUT2D eigenvalue weighted by atomic mass is 10.1. The molecule has 0 fully saturated rings. The second kappa shape index (κ2) is 15.0. The van der Waals surface area contributed by atoms with Crippen molar-refractivity contribution in [2.75, 3.05) is 37.3 Å². The molecule has 1 heterocycles. The topological polar surface area (TPSA) is 82.2 Å². The van der Waals surface area contributed by atoms with Gasteiger partial charge in [-0.25, -0.2) is 9.97 Å². The fourth-order valence-corrected chi connectivity index (χ4v) is 3.62. The van der Waals surface area contributed by atoms with Gasteiger partial charge in [0.05, 0.1) is 6.54 Å². The molecule has 0 aliphatic rings. The number of benzene rings is 1. The van der Waals surface area contributed by atoms with Crippen molar-refractivity contribution in [2.45, 2.75) is 53.0 Å². The van der Waals surface area contributed by atoms with E-state index in [2.05, 4.69) is 44.7 Å². The third kappa shape index (κ3) is 9.08. The Morgan fingerprint density at radius 1 is 1.15 bits per heavy atom. The standard InChI is InChI=1S/C27H40N6O/c1-6-10-15-28-19-25(9-4)33(5)20-26(34)31-23-13-11-14-24(16-23)32-27-29-17-22(18-30-27)21(8-3)12-7-2/h7-8,11-14,16-18,25,28H,6,9-10,15,19-20H2,1-5H3,(H,31,34)(H,29,30,32)/b12-7-,21-8+. The number of rotatable bonds is 14. The third-order valence-corrected chi connectivity index (χ3v) is 5.62. The molecule has 1 amide bonds. The van der Waals surface area contributed by atoms with Crippen molar-refractivity contribution in [3.63, 3.8) is 0 Å². The predicted molar refractivity (Wildman–Crippen MR) is 143 cm³/mol. The summed E-state index contributed by atoms with van der Waals surface area (Å²) >= 11 is 0. The molecule has 34 heavy (non-hydrogen) atoms. The molecular weight excluding hydrogens is 424 g/mol. The summed E-state index contributed by atoms with van der Waals surface area (Å²) in [4.78, 5) is 23.6. The molecule has 2 aromatic rings. The van der Waals surface area contributed by atoms with Crippen LogP contribution in [0.1, 0.15) is 52.5 Å². The molecule has 3 N–H and O–H groups in total. The van der Waals surface area contributed by atoms with E-state index in [1.54, 1.807) is 12.4 Å². The number of carbonyl (C=O) groups is 1. The van der Waals surface area contributed by atoms with Crippen molar-refractivity contribution in [2.24, 2.45) is 0 Å². The van der Waals surface area contributed by atoms with Crippen LogP contribution in [0, 0.1) is 0 Å². The zero-order valence-corrected chi connectivity index (χ0v) is 21.3. The summed E-state index contributed by atoms with van der Waals surface area (Å²) in [6.07, 6.45) is 13.0. The van der Waals surface area contributed by atoms with Crippen LogP contribution in [0.4, 0.5) is 17.3 Å². The van der Waals surface area contributed by atoms with Crippen molar-refractivity contribution in [3.05, 3.63) is 60.5 Å². The quantitative estimate of drug-likeness (QED) is 0.262. The molecule has 0 saturated carbocycles. The maximum atomic E-state index is 12.6. The number of amides is 1. The third-order valence-electron chi connectivity index (χ3n) is 5.62. The molecule has 2 rings (SSSR count). The van der Waals surface area contributed by atoms with E-state index in [-0.39, 0.29) is 5.91 Å². The molecule has 0 bridgehead atoms. The molecule has 1 aromatic heterocycles. The van der Waals surface area contributed by atoms with Crippen LogP contribution in [-0.2, 0) is 4.79 Å². The molecular formula is C27H40N6O. The van der Waals surface area contributed by atoms with Gasteiger partial charge in [-0.2, -0.15) is 0 Å².